The minimum atomic E-state index is -0.546. The Hall–Kier alpha value is -2.24. The molecule has 1 aromatic carbocycles. The van der Waals surface area contributed by atoms with Crippen LogP contribution in [-0.4, -0.2) is 30.8 Å². The lowest BCUT2D eigenvalue weighted by molar-refractivity contribution is -0.147. The smallest absolute Gasteiger partial charge is 0.308 e. The average molecular weight is 387 g/mol. The van der Waals surface area contributed by atoms with Crippen molar-refractivity contribution in [1.82, 2.24) is 5.32 Å². The molecule has 4 aliphatic rings. The van der Waals surface area contributed by atoms with E-state index in [2.05, 4.69) is 5.32 Å². The Morgan fingerprint density at radius 2 is 1.71 bits per heavy atom. The fourth-order valence-electron chi connectivity index (χ4n) is 5.82. The summed E-state index contributed by atoms with van der Waals surface area (Å²) in [7, 11) is 0. The minimum Gasteiger partial charge on any atom is -0.457 e. The molecule has 1 amide bonds. The molecule has 4 bridgehead atoms. The summed E-state index contributed by atoms with van der Waals surface area (Å²) in [6, 6.07) is 5.27. The predicted octanol–water partition coefficient (Wildman–Crippen LogP) is 3.27. The van der Waals surface area contributed by atoms with Gasteiger partial charge in [-0.2, -0.15) is 0 Å². The number of carbonyl (C=O) groups is 3. The molecule has 4 fully saturated rings. The number of carbonyl (C=O) groups excluding carboxylic acids is 3. The van der Waals surface area contributed by atoms with Crippen molar-refractivity contribution < 1.29 is 23.5 Å². The van der Waals surface area contributed by atoms with E-state index in [4.69, 9.17) is 4.74 Å². The maximum atomic E-state index is 13.1. The average Bonchev–Trinajstić information content (AvgIpc) is 2.65. The fourth-order valence-corrected chi connectivity index (χ4v) is 5.82. The number of Topliss-reactive ketones (excluding diaryl/α,β-unsaturated/α-hetero) is 1. The summed E-state index contributed by atoms with van der Waals surface area (Å²) in [5.74, 6) is 0.642. The topological polar surface area (TPSA) is 72.5 Å². The highest BCUT2D eigenvalue weighted by atomic mass is 19.1. The van der Waals surface area contributed by atoms with E-state index in [-0.39, 0.29) is 29.9 Å². The Balaban J connectivity index is 1.20. The molecule has 4 aliphatic carbocycles. The van der Waals surface area contributed by atoms with Gasteiger partial charge >= 0.3 is 5.97 Å². The van der Waals surface area contributed by atoms with Crippen LogP contribution in [-0.2, 0) is 14.3 Å². The summed E-state index contributed by atoms with van der Waals surface area (Å²) < 4.78 is 18.1. The van der Waals surface area contributed by atoms with Crippen molar-refractivity contribution in [2.75, 3.05) is 13.2 Å². The maximum absolute atomic E-state index is 13.1. The van der Waals surface area contributed by atoms with Gasteiger partial charge in [-0.05, 0) is 68.4 Å². The van der Waals surface area contributed by atoms with E-state index in [9.17, 15) is 18.8 Å². The van der Waals surface area contributed by atoms with Gasteiger partial charge in [0, 0.05) is 17.5 Å². The van der Waals surface area contributed by atoms with Gasteiger partial charge in [-0.1, -0.05) is 12.1 Å². The number of halogens is 1. The largest absolute Gasteiger partial charge is 0.457 e. The van der Waals surface area contributed by atoms with Crippen LogP contribution in [0.15, 0.2) is 24.3 Å². The summed E-state index contributed by atoms with van der Waals surface area (Å²) >= 11 is 0. The molecule has 0 aliphatic heterocycles. The quantitative estimate of drug-likeness (QED) is 0.576. The van der Waals surface area contributed by atoms with Crippen LogP contribution >= 0.6 is 0 Å². The highest BCUT2D eigenvalue weighted by molar-refractivity contribution is 5.97. The molecule has 4 saturated carbocycles. The highest BCUT2D eigenvalue weighted by Gasteiger charge is 2.54. The van der Waals surface area contributed by atoms with Crippen molar-refractivity contribution in [2.45, 2.75) is 44.9 Å². The van der Waals surface area contributed by atoms with E-state index < -0.39 is 24.2 Å². The third-order valence-corrected chi connectivity index (χ3v) is 6.65. The van der Waals surface area contributed by atoms with Crippen molar-refractivity contribution in [3.05, 3.63) is 35.6 Å². The van der Waals surface area contributed by atoms with E-state index in [1.54, 1.807) is 0 Å². The molecular weight excluding hydrogens is 361 g/mol. The van der Waals surface area contributed by atoms with Gasteiger partial charge < -0.3 is 10.1 Å². The normalized spacial score (nSPS) is 30.1. The van der Waals surface area contributed by atoms with Gasteiger partial charge in [-0.3, -0.25) is 14.4 Å². The second kappa shape index (κ2) is 7.64. The SMILES string of the molecule is O=C(CCNC(=O)C12CC3CC(CC(C3)C1)C2)OCC(=O)c1cccc(F)c1. The number of ether oxygens (including phenoxy) is 1. The summed E-state index contributed by atoms with van der Waals surface area (Å²) in [6.45, 7) is -0.210. The first-order chi connectivity index (χ1) is 13.4. The van der Waals surface area contributed by atoms with Crippen LogP contribution in [0.5, 0.6) is 0 Å². The number of ketones is 1. The second-order valence-electron chi connectivity index (χ2n) is 8.80. The molecule has 0 radical (unpaired) electrons. The van der Waals surface area contributed by atoms with E-state index >= 15 is 0 Å². The molecular formula is C22H26FNO4. The van der Waals surface area contributed by atoms with Crippen molar-refractivity contribution in [3.8, 4) is 0 Å². The van der Waals surface area contributed by atoms with Crippen LogP contribution in [0.1, 0.15) is 55.3 Å². The number of amides is 1. The zero-order chi connectivity index (χ0) is 19.7. The van der Waals surface area contributed by atoms with Crippen LogP contribution in [0, 0.1) is 29.0 Å². The van der Waals surface area contributed by atoms with Crippen molar-refractivity contribution in [3.63, 3.8) is 0 Å². The number of rotatable bonds is 7. The monoisotopic (exact) mass is 387 g/mol. The molecule has 1 N–H and O–H groups in total. The number of benzene rings is 1. The van der Waals surface area contributed by atoms with E-state index in [1.807, 2.05) is 0 Å². The van der Waals surface area contributed by atoms with Crippen LogP contribution in [0.4, 0.5) is 4.39 Å². The zero-order valence-electron chi connectivity index (χ0n) is 15.9. The van der Waals surface area contributed by atoms with Gasteiger partial charge in [-0.25, -0.2) is 4.39 Å². The Morgan fingerprint density at radius 3 is 2.32 bits per heavy atom. The van der Waals surface area contributed by atoms with E-state index in [0.717, 1.165) is 25.3 Å². The number of hydrogen-bond donors (Lipinski definition) is 1. The molecule has 0 spiro atoms. The predicted molar refractivity (Wildman–Crippen MR) is 99.9 cm³/mol. The summed E-state index contributed by atoms with van der Waals surface area (Å²) in [4.78, 5) is 36.6. The van der Waals surface area contributed by atoms with Crippen LogP contribution < -0.4 is 5.32 Å². The second-order valence-corrected chi connectivity index (χ2v) is 8.80. The molecule has 0 heterocycles. The molecule has 28 heavy (non-hydrogen) atoms. The number of hydrogen-bond acceptors (Lipinski definition) is 4. The summed E-state index contributed by atoms with van der Waals surface area (Å²) in [5.41, 5.74) is -0.0608. The fraction of sp³-hybridized carbons (Fsp3) is 0.591. The third-order valence-electron chi connectivity index (χ3n) is 6.65. The van der Waals surface area contributed by atoms with Gasteiger partial charge in [0.25, 0.3) is 0 Å². The lowest BCUT2D eigenvalue weighted by Gasteiger charge is -2.55. The number of esters is 1. The Morgan fingerprint density at radius 1 is 1.07 bits per heavy atom. The minimum absolute atomic E-state index is 0.0224. The van der Waals surface area contributed by atoms with E-state index in [1.165, 1.54) is 37.5 Å². The number of nitrogens with one attached hydrogen (secondary N) is 1. The first-order valence-electron chi connectivity index (χ1n) is 10.2. The summed E-state index contributed by atoms with van der Waals surface area (Å²) in [6.07, 6.45) is 6.80. The van der Waals surface area contributed by atoms with Gasteiger partial charge in [0.2, 0.25) is 5.91 Å². The van der Waals surface area contributed by atoms with Crippen molar-refractivity contribution in [2.24, 2.45) is 23.2 Å². The first-order valence-corrected chi connectivity index (χ1v) is 10.2. The van der Waals surface area contributed by atoms with Crippen molar-refractivity contribution in [1.29, 1.82) is 0 Å². The lowest BCUT2D eigenvalue weighted by Crippen LogP contribution is -2.53. The van der Waals surface area contributed by atoms with Crippen LogP contribution in [0.2, 0.25) is 0 Å². The van der Waals surface area contributed by atoms with Gasteiger partial charge in [-0.15, -0.1) is 0 Å². The molecule has 1 aromatic rings. The molecule has 0 saturated heterocycles. The zero-order valence-corrected chi connectivity index (χ0v) is 15.9. The van der Waals surface area contributed by atoms with Crippen LogP contribution in [0.25, 0.3) is 0 Å². The lowest BCUT2D eigenvalue weighted by atomic mass is 9.49. The molecule has 0 aromatic heterocycles. The molecule has 5 rings (SSSR count). The van der Waals surface area contributed by atoms with Gasteiger partial charge in [0.05, 0.1) is 6.42 Å². The standard InChI is InChI=1S/C22H26FNO4/c23-18-3-1-2-17(9-18)19(25)13-28-20(26)4-5-24-21(27)22-10-14-6-15(11-22)8-16(7-14)12-22/h1-3,9,14-16H,4-8,10-13H2,(H,24,27). The Labute approximate surface area is 164 Å². The maximum Gasteiger partial charge on any atom is 0.308 e. The van der Waals surface area contributed by atoms with E-state index in [0.29, 0.717) is 17.8 Å². The van der Waals surface area contributed by atoms with Gasteiger partial charge in [0.15, 0.2) is 12.4 Å². The Kier molecular flexibility index (Phi) is 5.21. The van der Waals surface area contributed by atoms with Gasteiger partial charge in [0.1, 0.15) is 5.82 Å². The third kappa shape index (κ3) is 3.96. The van der Waals surface area contributed by atoms with Crippen molar-refractivity contribution >= 4 is 17.7 Å². The summed E-state index contributed by atoms with van der Waals surface area (Å²) in [5, 5.41) is 2.92. The molecule has 150 valence electrons. The molecule has 0 atom stereocenters. The first kappa shape index (κ1) is 19.1. The Bertz CT molecular complexity index is 755. The molecule has 0 unspecified atom stereocenters. The highest BCUT2D eigenvalue weighted by Crippen LogP contribution is 2.60. The molecule has 5 nitrogen and oxygen atoms in total. The molecule has 6 heteroatoms. The van der Waals surface area contributed by atoms with Crippen LogP contribution in [0.3, 0.4) is 0 Å².